The molecule has 0 aliphatic carbocycles. The lowest BCUT2D eigenvalue weighted by atomic mass is 10.1. The molecule has 0 saturated carbocycles. The summed E-state index contributed by atoms with van der Waals surface area (Å²) in [6, 6.07) is 18.1. The third-order valence-corrected chi connectivity index (χ3v) is 7.47. The van der Waals surface area contributed by atoms with Gasteiger partial charge in [0.2, 0.25) is 0 Å². The standard InChI is InChI=1S/C21H18ClN3OS3/c22-19-9-8-18(29-19)17(26)14-28-21-24-23-20(13-16-7-4-12-27-16)25(21)11-10-15-5-2-1-3-6-15/h1-9,12H,10-11,13-14H2. The Kier molecular flexibility index (Phi) is 6.82. The minimum atomic E-state index is 0.0596. The molecule has 0 spiro atoms. The summed E-state index contributed by atoms with van der Waals surface area (Å²) < 4.78 is 2.77. The van der Waals surface area contributed by atoms with Crippen LogP contribution in [-0.2, 0) is 19.4 Å². The Bertz CT molecular complexity index is 1070. The number of benzene rings is 1. The Labute approximate surface area is 186 Å². The van der Waals surface area contributed by atoms with Crippen LogP contribution in [0, 0.1) is 0 Å². The molecule has 3 heterocycles. The van der Waals surface area contributed by atoms with E-state index >= 15 is 0 Å². The third-order valence-electron chi connectivity index (χ3n) is 4.35. The van der Waals surface area contributed by atoms with Gasteiger partial charge in [-0.3, -0.25) is 4.79 Å². The van der Waals surface area contributed by atoms with Gasteiger partial charge in [-0.1, -0.05) is 59.8 Å². The fourth-order valence-corrected chi connectivity index (χ4v) is 5.54. The molecule has 1 aromatic carbocycles. The van der Waals surface area contributed by atoms with Gasteiger partial charge in [0, 0.05) is 17.8 Å². The summed E-state index contributed by atoms with van der Waals surface area (Å²) in [6.07, 6.45) is 1.63. The Morgan fingerprint density at radius 1 is 1.07 bits per heavy atom. The zero-order valence-corrected chi connectivity index (χ0v) is 18.7. The first-order valence-electron chi connectivity index (χ1n) is 9.09. The molecule has 0 atom stereocenters. The van der Waals surface area contributed by atoms with Crippen LogP contribution < -0.4 is 0 Å². The molecular weight excluding hydrogens is 442 g/mol. The maximum atomic E-state index is 12.5. The number of halogens is 1. The molecule has 0 saturated heterocycles. The van der Waals surface area contributed by atoms with Crippen molar-refractivity contribution in [3.8, 4) is 0 Å². The average molecular weight is 460 g/mol. The first-order valence-corrected chi connectivity index (χ1v) is 12.1. The van der Waals surface area contributed by atoms with Gasteiger partial charge in [-0.05, 0) is 35.6 Å². The monoisotopic (exact) mass is 459 g/mol. The Balaban J connectivity index is 1.50. The molecule has 29 heavy (non-hydrogen) atoms. The second-order valence-electron chi connectivity index (χ2n) is 6.36. The fourth-order valence-electron chi connectivity index (χ4n) is 2.90. The maximum absolute atomic E-state index is 12.5. The molecule has 0 unspecified atom stereocenters. The van der Waals surface area contributed by atoms with Crippen molar-refractivity contribution < 1.29 is 4.79 Å². The SMILES string of the molecule is O=C(CSc1nnc(Cc2cccs2)n1CCc1ccccc1)c1ccc(Cl)s1. The van der Waals surface area contributed by atoms with Crippen molar-refractivity contribution in [1.29, 1.82) is 0 Å². The highest BCUT2D eigenvalue weighted by Gasteiger charge is 2.16. The number of Topliss-reactive ketones (excluding diaryl/α,β-unsaturated/α-hetero) is 1. The average Bonchev–Trinajstić information content (AvgIpc) is 3.48. The van der Waals surface area contributed by atoms with Crippen LogP contribution in [0.25, 0.3) is 0 Å². The Hall–Kier alpha value is -1.93. The maximum Gasteiger partial charge on any atom is 0.191 e. The summed E-state index contributed by atoms with van der Waals surface area (Å²) in [4.78, 5) is 14.4. The number of rotatable bonds is 9. The number of thiophene rings is 2. The van der Waals surface area contributed by atoms with Gasteiger partial charge in [0.25, 0.3) is 0 Å². The van der Waals surface area contributed by atoms with Crippen LogP contribution in [0.15, 0.2) is 65.1 Å². The summed E-state index contributed by atoms with van der Waals surface area (Å²) >= 11 is 10.4. The molecular formula is C21H18ClN3OS3. The van der Waals surface area contributed by atoms with Gasteiger partial charge >= 0.3 is 0 Å². The second-order valence-corrected chi connectivity index (χ2v) is 10.0. The number of carbonyl (C=O) groups excluding carboxylic acids is 1. The molecule has 4 rings (SSSR count). The summed E-state index contributed by atoms with van der Waals surface area (Å²) in [7, 11) is 0. The number of hydrogen-bond acceptors (Lipinski definition) is 6. The van der Waals surface area contributed by atoms with Gasteiger partial charge < -0.3 is 4.57 Å². The molecule has 0 aliphatic rings. The number of hydrogen-bond donors (Lipinski definition) is 0. The van der Waals surface area contributed by atoms with E-state index in [1.807, 2.05) is 12.1 Å². The summed E-state index contributed by atoms with van der Waals surface area (Å²) in [5, 5.41) is 11.7. The van der Waals surface area contributed by atoms with Crippen LogP contribution in [0.1, 0.15) is 25.9 Å². The molecule has 0 aliphatic heterocycles. The van der Waals surface area contributed by atoms with E-state index in [4.69, 9.17) is 11.6 Å². The number of ketones is 1. The van der Waals surface area contributed by atoms with E-state index in [-0.39, 0.29) is 5.78 Å². The molecule has 148 valence electrons. The predicted molar refractivity (Wildman–Crippen MR) is 122 cm³/mol. The zero-order chi connectivity index (χ0) is 20.1. The van der Waals surface area contributed by atoms with E-state index in [1.54, 1.807) is 23.5 Å². The van der Waals surface area contributed by atoms with Crippen LogP contribution in [-0.4, -0.2) is 26.3 Å². The summed E-state index contributed by atoms with van der Waals surface area (Å²) in [6.45, 7) is 0.777. The van der Waals surface area contributed by atoms with Crippen molar-refractivity contribution in [2.75, 3.05) is 5.75 Å². The number of nitrogens with zero attached hydrogens (tertiary/aromatic N) is 3. The summed E-state index contributed by atoms with van der Waals surface area (Å²) in [5.74, 6) is 1.31. The molecule has 3 aromatic heterocycles. The van der Waals surface area contributed by atoms with Crippen LogP contribution in [0.2, 0.25) is 4.34 Å². The highest BCUT2D eigenvalue weighted by Crippen LogP contribution is 2.26. The Morgan fingerprint density at radius 3 is 2.66 bits per heavy atom. The Morgan fingerprint density at radius 2 is 1.93 bits per heavy atom. The quantitative estimate of drug-likeness (QED) is 0.232. The van der Waals surface area contributed by atoms with Crippen LogP contribution >= 0.6 is 46.0 Å². The van der Waals surface area contributed by atoms with Crippen molar-refractivity contribution in [2.45, 2.75) is 24.5 Å². The minimum absolute atomic E-state index is 0.0596. The third kappa shape index (κ3) is 5.36. The number of carbonyl (C=O) groups is 1. The van der Waals surface area contributed by atoms with Gasteiger partial charge in [-0.15, -0.1) is 32.9 Å². The molecule has 0 radical (unpaired) electrons. The minimum Gasteiger partial charge on any atom is -0.305 e. The first-order chi connectivity index (χ1) is 14.2. The largest absolute Gasteiger partial charge is 0.305 e. The van der Waals surface area contributed by atoms with E-state index in [0.717, 1.165) is 30.4 Å². The van der Waals surface area contributed by atoms with Crippen molar-refractivity contribution in [3.63, 3.8) is 0 Å². The van der Waals surface area contributed by atoms with E-state index in [1.165, 1.54) is 33.5 Å². The van der Waals surface area contributed by atoms with Crippen LogP contribution in [0.4, 0.5) is 0 Å². The van der Waals surface area contributed by atoms with Crippen molar-refractivity contribution in [1.82, 2.24) is 14.8 Å². The molecule has 4 aromatic rings. The van der Waals surface area contributed by atoms with Crippen LogP contribution in [0.5, 0.6) is 0 Å². The molecule has 0 bridgehead atoms. The molecule has 0 N–H and O–H groups in total. The van der Waals surface area contributed by atoms with E-state index in [0.29, 0.717) is 15.0 Å². The molecule has 8 heteroatoms. The normalized spacial score (nSPS) is 11.1. The molecule has 4 nitrogen and oxygen atoms in total. The lowest BCUT2D eigenvalue weighted by Gasteiger charge is -2.10. The molecule has 0 amide bonds. The second kappa shape index (κ2) is 9.71. The topological polar surface area (TPSA) is 47.8 Å². The van der Waals surface area contributed by atoms with E-state index in [9.17, 15) is 4.79 Å². The smallest absolute Gasteiger partial charge is 0.191 e. The van der Waals surface area contributed by atoms with Crippen LogP contribution in [0.3, 0.4) is 0 Å². The molecule has 0 fully saturated rings. The van der Waals surface area contributed by atoms with Crippen molar-refractivity contribution in [2.24, 2.45) is 0 Å². The lowest BCUT2D eigenvalue weighted by molar-refractivity contribution is 0.102. The highest BCUT2D eigenvalue weighted by molar-refractivity contribution is 7.99. The first kappa shape index (κ1) is 20.3. The van der Waals surface area contributed by atoms with E-state index < -0.39 is 0 Å². The number of thioether (sulfide) groups is 1. The number of aromatic nitrogens is 3. The highest BCUT2D eigenvalue weighted by atomic mass is 35.5. The fraction of sp³-hybridized carbons (Fsp3) is 0.190. The van der Waals surface area contributed by atoms with Crippen molar-refractivity contribution in [3.05, 3.63) is 85.5 Å². The van der Waals surface area contributed by atoms with Gasteiger partial charge in [0.05, 0.1) is 15.0 Å². The number of aryl methyl sites for hydroxylation is 1. The van der Waals surface area contributed by atoms with Gasteiger partial charge in [-0.25, -0.2) is 0 Å². The predicted octanol–water partition coefficient (Wildman–Crippen LogP) is 5.86. The van der Waals surface area contributed by atoms with Gasteiger partial charge in [0.1, 0.15) is 5.82 Å². The summed E-state index contributed by atoms with van der Waals surface area (Å²) in [5.41, 5.74) is 1.27. The van der Waals surface area contributed by atoms with Gasteiger partial charge in [-0.2, -0.15) is 0 Å². The van der Waals surface area contributed by atoms with Crippen molar-refractivity contribution >= 4 is 51.8 Å². The van der Waals surface area contributed by atoms with Gasteiger partial charge in [0.15, 0.2) is 10.9 Å². The zero-order valence-electron chi connectivity index (χ0n) is 15.5. The lowest BCUT2D eigenvalue weighted by Crippen LogP contribution is -2.09. The van der Waals surface area contributed by atoms with E-state index in [2.05, 4.69) is 50.5 Å².